The maximum absolute atomic E-state index is 12.6. The minimum absolute atomic E-state index is 0.0978. The van der Waals surface area contributed by atoms with Crippen LogP contribution in [0, 0.1) is 5.92 Å². The van der Waals surface area contributed by atoms with Crippen molar-refractivity contribution in [1.82, 2.24) is 14.8 Å². The summed E-state index contributed by atoms with van der Waals surface area (Å²) in [6.07, 6.45) is 2.46. The average Bonchev–Trinajstić information content (AvgIpc) is 3.25. The van der Waals surface area contributed by atoms with Gasteiger partial charge < -0.3 is 5.32 Å². The molecule has 0 unspecified atom stereocenters. The van der Waals surface area contributed by atoms with Crippen molar-refractivity contribution in [2.45, 2.75) is 51.1 Å². The van der Waals surface area contributed by atoms with Crippen LogP contribution in [0.2, 0.25) is 5.02 Å². The number of carbonyl (C=O) groups excluding carboxylic acids is 1. The van der Waals surface area contributed by atoms with Gasteiger partial charge in [0.25, 0.3) is 0 Å². The number of hydrogen-bond acceptors (Lipinski definition) is 7. The third-order valence-electron chi connectivity index (χ3n) is 6.43. The SMILES string of the molecule is CC(C)[C@H]1c2nc(NC(=O)CN3CCC(S(C)(=O)=O)CC3)sc2CN1Cc1ccc(Cl)cc1. The fourth-order valence-electron chi connectivity index (χ4n) is 4.79. The minimum Gasteiger partial charge on any atom is -0.301 e. The van der Waals surface area contributed by atoms with Gasteiger partial charge in [0, 0.05) is 29.2 Å². The van der Waals surface area contributed by atoms with Crippen LogP contribution in [0.4, 0.5) is 5.13 Å². The van der Waals surface area contributed by atoms with Gasteiger partial charge in [-0.05, 0) is 49.5 Å². The van der Waals surface area contributed by atoms with Crippen LogP contribution in [-0.2, 0) is 27.7 Å². The van der Waals surface area contributed by atoms with Gasteiger partial charge in [-0.25, -0.2) is 13.4 Å². The van der Waals surface area contributed by atoms with Crippen molar-refractivity contribution < 1.29 is 13.2 Å². The van der Waals surface area contributed by atoms with E-state index in [4.69, 9.17) is 16.6 Å². The number of benzene rings is 1. The summed E-state index contributed by atoms with van der Waals surface area (Å²) in [5.41, 5.74) is 2.28. The van der Waals surface area contributed by atoms with Crippen molar-refractivity contribution in [3.63, 3.8) is 0 Å². The molecule has 1 N–H and O–H groups in total. The summed E-state index contributed by atoms with van der Waals surface area (Å²) in [5.74, 6) is 0.291. The summed E-state index contributed by atoms with van der Waals surface area (Å²) in [6.45, 7) is 7.54. The molecule has 3 heterocycles. The number of thiazole rings is 1. The van der Waals surface area contributed by atoms with Crippen LogP contribution in [0.25, 0.3) is 0 Å². The van der Waals surface area contributed by atoms with Gasteiger partial charge in [0.05, 0.1) is 23.5 Å². The largest absolute Gasteiger partial charge is 0.301 e. The lowest BCUT2D eigenvalue weighted by atomic mass is 10.0. The second-order valence-corrected chi connectivity index (χ2v) is 13.2. The quantitative estimate of drug-likeness (QED) is 0.607. The summed E-state index contributed by atoms with van der Waals surface area (Å²) >= 11 is 7.57. The molecule has 4 rings (SSSR count). The van der Waals surface area contributed by atoms with Gasteiger partial charge in [0.15, 0.2) is 5.13 Å². The molecule has 2 aliphatic rings. The van der Waals surface area contributed by atoms with Crippen molar-refractivity contribution >= 4 is 43.8 Å². The molecule has 0 bridgehead atoms. The topological polar surface area (TPSA) is 82.6 Å². The number of anilines is 1. The fourth-order valence-corrected chi connectivity index (χ4v) is 7.03. The van der Waals surface area contributed by atoms with Gasteiger partial charge in [-0.2, -0.15) is 0 Å². The van der Waals surface area contributed by atoms with E-state index < -0.39 is 9.84 Å². The highest BCUT2D eigenvalue weighted by Gasteiger charge is 2.36. The number of nitrogens with one attached hydrogen (secondary N) is 1. The van der Waals surface area contributed by atoms with Crippen LogP contribution >= 0.6 is 22.9 Å². The lowest BCUT2D eigenvalue weighted by Gasteiger charge is -2.30. The van der Waals surface area contributed by atoms with Crippen LogP contribution in [0.1, 0.15) is 48.9 Å². The Morgan fingerprint density at radius 3 is 2.52 bits per heavy atom. The molecule has 1 aromatic heterocycles. The van der Waals surface area contributed by atoms with Crippen LogP contribution in [-0.4, -0.2) is 60.2 Å². The Morgan fingerprint density at radius 1 is 1.24 bits per heavy atom. The molecule has 33 heavy (non-hydrogen) atoms. The van der Waals surface area contributed by atoms with Gasteiger partial charge >= 0.3 is 0 Å². The van der Waals surface area contributed by atoms with Gasteiger partial charge in [0.2, 0.25) is 5.91 Å². The third kappa shape index (κ3) is 5.95. The Kier molecular flexibility index (Phi) is 7.45. The molecular formula is C23H31ClN4O3S2. The molecule has 1 aromatic carbocycles. The predicted octanol–water partition coefficient (Wildman–Crippen LogP) is 3.96. The van der Waals surface area contributed by atoms with Crippen LogP contribution in [0.5, 0.6) is 0 Å². The molecule has 180 valence electrons. The molecule has 1 saturated heterocycles. The number of aromatic nitrogens is 1. The van der Waals surface area contributed by atoms with E-state index in [-0.39, 0.29) is 23.7 Å². The lowest BCUT2D eigenvalue weighted by Crippen LogP contribution is -2.42. The number of fused-ring (bicyclic) bond motifs is 1. The van der Waals surface area contributed by atoms with E-state index in [2.05, 4.69) is 36.2 Å². The maximum atomic E-state index is 12.6. The van der Waals surface area contributed by atoms with Gasteiger partial charge in [-0.3, -0.25) is 14.6 Å². The first-order chi connectivity index (χ1) is 15.6. The molecule has 2 aliphatic heterocycles. The summed E-state index contributed by atoms with van der Waals surface area (Å²) in [5, 5.41) is 4.06. The summed E-state index contributed by atoms with van der Waals surface area (Å²) in [6, 6.07) is 8.16. The number of nitrogens with zero attached hydrogens (tertiary/aromatic N) is 3. The highest BCUT2D eigenvalue weighted by molar-refractivity contribution is 7.91. The molecule has 0 aliphatic carbocycles. The van der Waals surface area contributed by atoms with E-state index in [1.807, 2.05) is 17.0 Å². The molecule has 0 spiro atoms. The highest BCUT2D eigenvalue weighted by Crippen LogP contribution is 2.43. The number of sulfone groups is 1. The first kappa shape index (κ1) is 24.6. The molecule has 0 radical (unpaired) electrons. The van der Waals surface area contributed by atoms with Crippen molar-refractivity contribution in [3.05, 3.63) is 45.4 Å². The standard InChI is InChI=1S/C23H31ClN4O3S2/c1-15(2)22-21-19(13-28(22)12-16-4-6-17(24)7-5-16)32-23(26-21)25-20(29)14-27-10-8-18(9-11-27)33(3,30)31/h4-7,15,18,22H,8-14H2,1-3H3,(H,25,26,29)/t22-/m0/s1. The Bertz CT molecular complexity index is 1090. The van der Waals surface area contributed by atoms with E-state index in [1.165, 1.54) is 16.7 Å². The Balaban J connectivity index is 1.35. The summed E-state index contributed by atoms with van der Waals surface area (Å²) < 4.78 is 23.4. The number of carbonyl (C=O) groups is 1. The third-order valence-corrected chi connectivity index (χ3v) is 9.34. The van der Waals surface area contributed by atoms with E-state index in [0.29, 0.717) is 37.0 Å². The predicted molar refractivity (Wildman–Crippen MR) is 133 cm³/mol. The maximum Gasteiger partial charge on any atom is 0.240 e. The number of rotatable bonds is 7. The zero-order chi connectivity index (χ0) is 23.8. The average molecular weight is 511 g/mol. The second kappa shape index (κ2) is 10.00. The van der Waals surface area contributed by atoms with Gasteiger partial charge in [-0.1, -0.05) is 37.6 Å². The van der Waals surface area contributed by atoms with E-state index in [0.717, 1.165) is 23.8 Å². The molecule has 1 fully saturated rings. The van der Waals surface area contributed by atoms with Crippen molar-refractivity contribution in [1.29, 1.82) is 0 Å². The molecular weight excluding hydrogens is 480 g/mol. The number of likely N-dealkylation sites (tertiary alicyclic amines) is 1. The molecule has 1 atom stereocenters. The minimum atomic E-state index is -3.01. The second-order valence-electron chi connectivity index (χ2n) is 9.40. The van der Waals surface area contributed by atoms with Crippen molar-refractivity contribution in [2.24, 2.45) is 5.92 Å². The number of halogens is 1. The Hall–Kier alpha value is -1.52. The van der Waals surface area contributed by atoms with Crippen LogP contribution in [0.3, 0.4) is 0 Å². The smallest absolute Gasteiger partial charge is 0.240 e. The number of hydrogen-bond donors (Lipinski definition) is 1. The highest BCUT2D eigenvalue weighted by atomic mass is 35.5. The Labute approximate surface area is 205 Å². The molecule has 1 amide bonds. The monoisotopic (exact) mass is 510 g/mol. The van der Waals surface area contributed by atoms with Gasteiger partial charge in [-0.15, -0.1) is 11.3 Å². The Morgan fingerprint density at radius 2 is 1.91 bits per heavy atom. The van der Waals surface area contributed by atoms with Crippen LogP contribution < -0.4 is 5.32 Å². The molecule has 10 heteroatoms. The van der Waals surface area contributed by atoms with Gasteiger partial charge in [0.1, 0.15) is 9.84 Å². The zero-order valence-electron chi connectivity index (χ0n) is 19.3. The lowest BCUT2D eigenvalue weighted by molar-refractivity contribution is -0.117. The first-order valence-corrected chi connectivity index (χ1v) is 14.4. The fraction of sp³-hybridized carbons (Fsp3) is 0.565. The summed E-state index contributed by atoms with van der Waals surface area (Å²) in [4.78, 5) is 23.1. The van der Waals surface area contributed by atoms with E-state index in [1.54, 1.807) is 11.3 Å². The van der Waals surface area contributed by atoms with Crippen molar-refractivity contribution in [2.75, 3.05) is 31.2 Å². The van der Waals surface area contributed by atoms with Crippen molar-refractivity contribution in [3.8, 4) is 0 Å². The molecule has 2 aromatic rings. The van der Waals surface area contributed by atoms with E-state index >= 15 is 0 Å². The molecule has 0 saturated carbocycles. The normalized spacial score (nSPS) is 20.3. The number of piperidine rings is 1. The first-order valence-electron chi connectivity index (χ1n) is 11.3. The molecule has 7 nitrogen and oxygen atoms in total. The van der Waals surface area contributed by atoms with Crippen LogP contribution in [0.15, 0.2) is 24.3 Å². The zero-order valence-corrected chi connectivity index (χ0v) is 21.6. The summed E-state index contributed by atoms with van der Waals surface area (Å²) in [7, 11) is -3.01. The van der Waals surface area contributed by atoms with E-state index in [9.17, 15) is 13.2 Å². The number of amides is 1.